The lowest BCUT2D eigenvalue weighted by atomic mass is 10.1. The van der Waals surface area contributed by atoms with E-state index in [4.69, 9.17) is 0 Å². The van der Waals surface area contributed by atoms with Crippen molar-refractivity contribution in [1.29, 1.82) is 0 Å². The van der Waals surface area contributed by atoms with Crippen LogP contribution in [0.5, 0.6) is 0 Å². The predicted molar refractivity (Wildman–Crippen MR) is 77.9 cm³/mol. The van der Waals surface area contributed by atoms with Gasteiger partial charge < -0.3 is 10.2 Å². The number of hydrogen-bond donors (Lipinski definition) is 1. The summed E-state index contributed by atoms with van der Waals surface area (Å²) in [5.41, 5.74) is 1.47. The lowest BCUT2D eigenvalue weighted by molar-refractivity contribution is 0.388. The molecule has 2 heteroatoms. The van der Waals surface area contributed by atoms with Crippen LogP contribution in [0.1, 0.15) is 24.8 Å². The molecule has 0 aliphatic carbocycles. The molecule has 1 N–H and O–H groups in total. The van der Waals surface area contributed by atoms with Gasteiger partial charge in [-0.25, -0.2) is 0 Å². The standard InChI is InChI=1S/C16H26N2/c1-18-12-10-16(14-18)13-17-11-6-5-9-15-7-3-2-4-8-15/h2-4,7-8,16-17H,5-6,9-14H2,1H3. The summed E-state index contributed by atoms with van der Waals surface area (Å²) in [4.78, 5) is 2.43. The fourth-order valence-corrected chi connectivity index (χ4v) is 2.72. The molecule has 0 saturated carbocycles. The molecule has 1 fully saturated rings. The highest BCUT2D eigenvalue weighted by Gasteiger charge is 2.18. The Hall–Kier alpha value is -0.860. The van der Waals surface area contributed by atoms with Crippen molar-refractivity contribution in [2.75, 3.05) is 33.2 Å². The van der Waals surface area contributed by atoms with Crippen molar-refractivity contribution in [3.63, 3.8) is 0 Å². The summed E-state index contributed by atoms with van der Waals surface area (Å²) in [5, 5.41) is 3.61. The van der Waals surface area contributed by atoms with Gasteiger partial charge in [-0.1, -0.05) is 30.3 Å². The minimum Gasteiger partial charge on any atom is -0.316 e. The molecule has 100 valence electrons. The van der Waals surface area contributed by atoms with Crippen LogP contribution >= 0.6 is 0 Å². The minimum absolute atomic E-state index is 0.879. The van der Waals surface area contributed by atoms with Gasteiger partial charge in [-0.2, -0.15) is 0 Å². The normalized spacial score (nSPS) is 20.4. The van der Waals surface area contributed by atoms with E-state index in [2.05, 4.69) is 47.6 Å². The molecule has 1 unspecified atom stereocenters. The van der Waals surface area contributed by atoms with Crippen LogP contribution < -0.4 is 5.32 Å². The van der Waals surface area contributed by atoms with Gasteiger partial charge in [-0.3, -0.25) is 0 Å². The van der Waals surface area contributed by atoms with E-state index in [0.717, 1.165) is 5.92 Å². The molecule has 1 saturated heterocycles. The Morgan fingerprint density at radius 2 is 2.06 bits per heavy atom. The topological polar surface area (TPSA) is 15.3 Å². The fourth-order valence-electron chi connectivity index (χ4n) is 2.72. The van der Waals surface area contributed by atoms with E-state index >= 15 is 0 Å². The third kappa shape index (κ3) is 4.79. The molecule has 0 amide bonds. The first kappa shape index (κ1) is 13.6. The van der Waals surface area contributed by atoms with Crippen molar-refractivity contribution in [3.05, 3.63) is 35.9 Å². The summed E-state index contributed by atoms with van der Waals surface area (Å²) in [6.45, 7) is 4.93. The largest absolute Gasteiger partial charge is 0.316 e. The zero-order chi connectivity index (χ0) is 12.6. The maximum Gasteiger partial charge on any atom is 0.00192 e. The molecule has 0 radical (unpaired) electrons. The summed E-state index contributed by atoms with van der Waals surface area (Å²) >= 11 is 0. The molecule has 1 heterocycles. The third-order valence-corrected chi connectivity index (χ3v) is 3.83. The van der Waals surface area contributed by atoms with Crippen molar-refractivity contribution in [3.8, 4) is 0 Å². The monoisotopic (exact) mass is 246 g/mol. The summed E-state index contributed by atoms with van der Waals surface area (Å²) < 4.78 is 0. The first-order chi connectivity index (χ1) is 8.84. The van der Waals surface area contributed by atoms with Gasteiger partial charge >= 0.3 is 0 Å². The molecule has 0 bridgehead atoms. The summed E-state index contributed by atoms with van der Waals surface area (Å²) in [5.74, 6) is 0.879. The Balaban J connectivity index is 1.47. The number of nitrogens with one attached hydrogen (secondary N) is 1. The number of benzene rings is 1. The van der Waals surface area contributed by atoms with Gasteiger partial charge in [0.05, 0.1) is 0 Å². The van der Waals surface area contributed by atoms with Crippen molar-refractivity contribution in [1.82, 2.24) is 10.2 Å². The van der Waals surface area contributed by atoms with Crippen LogP contribution in [0.15, 0.2) is 30.3 Å². The first-order valence-corrected chi connectivity index (χ1v) is 7.28. The van der Waals surface area contributed by atoms with E-state index in [-0.39, 0.29) is 0 Å². The highest BCUT2D eigenvalue weighted by Crippen LogP contribution is 2.12. The summed E-state index contributed by atoms with van der Waals surface area (Å²) in [6, 6.07) is 10.8. The van der Waals surface area contributed by atoms with Crippen molar-refractivity contribution >= 4 is 0 Å². The Kier molecular flexibility index (Phi) is 5.69. The molecular formula is C16H26N2. The van der Waals surface area contributed by atoms with Crippen molar-refractivity contribution in [2.24, 2.45) is 5.92 Å². The van der Waals surface area contributed by atoms with Gasteiger partial charge in [0.1, 0.15) is 0 Å². The molecule has 2 rings (SSSR count). The van der Waals surface area contributed by atoms with Gasteiger partial charge in [0.15, 0.2) is 0 Å². The van der Waals surface area contributed by atoms with Gasteiger partial charge in [0.25, 0.3) is 0 Å². The van der Waals surface area contributed by atoms with E-state index in [1.165, 1.54) is 57.4 Å². The quantitative estimate of drug-likeness (QED) is 0.744. The zero-order valence-electron chi connectivity index (χ0n) is 11.6. The summed E-state index contributed by atoms with van der Waals surface area (Å²) in [7, 11) is 2.22. The molecule has 1 aliphatic rings. The lowest BCUT2D eigenvalue weighted by Gasteiger charge is -2.11. The molecule has 1 atom stereocenters. The number of unbranched alkanes of at least 4 members (excludes halogenated alkanes) is 1. The average molecular weight is 246 g/mol. The van der Waals surface area contributed by atoms with Gasteiger partial charge in [-0.05, 0) is 63.8 Å². The minimum atomic E-state index is 0.879. The second-order valence-corrected chi connectivity index (χ2v) is 5.56. The Morgan fingerprint density at radius 1 is 1.22 bits per heavy atom. The molecule has 2 nitrogen and oxygen atoms in total. The summed E-state index contributed by atoms with van der Waals surface area (Å²) in [6.07, 6.45) is 5.17. The Bertz CT molecular complexity index is 323. The predicted octanol–water partition coefficient (Wildman–Crippen LogP) is 2.55. The highest BCUT2D eigenvalue weighted by molar-refractivity contribution is 5.14. The molecule has 18 heavy (non-hydrogen) atoms. The van der Waals surface area contributed by atoms with E-state index in [1.54, 1.807) is 0 Å². The zero-order valence-corrected chi connectivity index (χ0v) is 11.6. The van der Waals surface area contributed by atoms with E-state index < -0.39 is 0 Å². The van der Waals surface area contributed by atoms with Crippen LogP contribution in [0.2, 0.25) is 0 Å². The van der Waals surface area contributed by atoms with Crippen molar-refractivity contribution < 1.29 is 0 Å². The van der Waals surface area contributed by atoms with Crippen molar-refractivity contribution in [2.45, 2.75) is 25.7 Å². The van der Waals surface area contributed by atoms with Crippen LogP contribution in [0, 0.1) is 5.92 Å². The molecular weight excluding hydrogens is 220 g/mol. The van der Waals surface area contributed by atoms with Crippen LogP contribution in [0.4, 0.5) is 0 Å². The third-order valence-electron chi connectivity index (χ3n) is 3.83. The second kappa shape index (κ2) is 7.55. The molecule has 1 aromatic rings. The average Bonchev–Trinajstić information content (AvgIpc) is 2.81. The SMILES string of the molecule is CN1CCC(CNCCCCc2ccccc2)C1. The first-order valence-electron chi connectivity index (χ1n) is 7.28. The van der Waals surface area contributed by atoms with Gasteiger partial charge in [0.2, 0.25) is 0 Å². The number of likely N-dealkylation sites (tertiary alicyclic amines) is 1. The van der Waals surface area contributed by atoms with Gasteiger partial charge in [0, 0.05) is 6.54 Å². The number of nitrogens with zero attached hydrogens (tertiary/aromatic N) is 1. The van der Waals surface area contributed by atoms with E-state index in [0.29, 0.717) is 0 Å². The number of aryl methyl sites for hydroxylation is 1. The molecule has 1 aliphatic heterocycles. The number of rotatable bonds is 7. The highest BCUT2D eigenvalue weighted by atomic mass is 15.1. The molecule has 0 aromatic heterocycles. The second-order valence-electron chi connectivity index (χ2n) is 5.56. The Labute approximate surface area is 111 Å². The van der Waals surface area contributed by atoms with Gasteiger partial charge in [-0.15, -0.1) is 0 Å². The fraction of sp³-hybridized carbons (Fsp3) is 0.625. The number of hydrogen-bond acceptors (Lipinski definition) is 2. The van der Waals surface area contributed by atoms with E-state index in [9.17, 15) is 0 Å². The maximum absolute atomic E-state index is 3.61. The van der Waals surface area contributed by atoms with Crippen LogP contribution in [0.3, 0.4) is 0 Å². The van der Waals surface area contributed by atoms with Crippen LogP contribution in [-0.2, 0) is 6.42 Å². The van der Waals surface area contributed by atoms with Crippen LogP contribution in [0.25, 0.3) is 0 Å². The van der Waals surface area contributed by atoms with E-state index in [1.807, 2.05) is 0 Å². The lowest BCUT2D eigenvalue weighted by Crippen LogP contribution is -2.25. The van der Waals surface area contributed by atoms with Crippen LogP contribution in [-0.4, -0.2) is 38.1 Å². The molecule has 0 spiro atoms. The smallest absolute Gasteiger partial charge is 0.00192 e. The Morgan fingerprint density at radius 3 is 2.78 bits per heavy atom. The maximum atomic E-state index is 3.61. The molecule has 1 aromatic carbocycles.